The van der Waals surface area contributed by atoms with Crippen LogP contribution in [0.5, 0.6) is 0 Å². The zero-order chi connectivity index (χ0) is 17.4. The highest BCUT2D eigenvalue weighted by molar-refractivity contribution is 5.97. The molecule has 1 amide bonds. The third-order valence-corrected chi connectivity index (χ3v) is 5.30. The van der Waals surface area contributed by atoms with Crippen LogP contribution in [-0.4, -0.2) is 35.3 Å². The predicted molar refractivity (Wildman–Crippen MR) is 92.9 cm³/mol. The van der Waals surface area contributed by atoms with Crippen molar-refractivity contribution in [3.05, 3.63) is 47.4 Å². The van der Waals surface area contributed by atoms with E-state index < -0.39 is 5.91 Å². The van der Waals surface area contributed by atoms with Gasteiger partial charge in [0.1, 0.15) is 17.2 Å². The van der Waals surface area contributed by atoms with Crippen LogP contribution in [0.3, 0.4) is 0 Å². The number of anilines is 1. The van der Waals surface area contributed by atoms with Gasteiger partial charge in [0.25, 0.3) is 5.91 Å². The maximum Gasteiger partial charge on any atom is 0.254 e. The molecule has 4 N–H and O–H groups in total. The molecule has 2 aliphatic rings. The lowest BCUT2D eigenvalue weighted by Crippen LogP contribution is -2.38. The number of fused-ring (bicyclic) bond motifs is 1. The molecular weight excluding hydrogens is 321 g/mol. The number of nitrogens with one attached hydrogen (secondary N) is 2. The van der Waals surface area contributed by atoms with Crippen LogP contribution in [-0.2, 0) is 12.0 Å². The quantitative estimate of drug-likeness (QED) is 0.742. The molecule has 2 aromatic rings. The largest absolute Gasteiger partial charge is 0.369 e. The van der Waals surface area contributed by atoms with Gasteiger partial charge in [-0.15, -0.1) is 0 Å². The number of primary amides is 1. The molecule has 1 fully saturated rings. The number of halogens is 1. The van der Waals surface area contributed by atoms with Gasteiger partial charge >= 0.3 is 0 Å². The molecule has 6 nitrogen and oxygen atoms in total. The van der Waals surface area contributed by atoms with E-state index in [1.165, 1.54) is 23.9 Å². The average molecular weight is 343 g/mol. The number of aromatic nitrogens is 2. The van der Waals surface area contributed by atoms with Gasteiger partial charge in [0.15, 0.2) is 0 Å². The molecule has 2 heterocycles. The second-order valence-corrected chi connectivity index (χ2v) is 7.12. The van der Waals surface area contributed by atoms with Gasteiger partial charge in [-0.25, -0.2) is 9.07 Å². The molecule has 0 spiro atoms. The van der Waals surface area contributed by atoms with Crippen molar-refractivity contribution in [1.82, 2.24) is 15.1 Å². The van der Waals surface area contributed by atoms with E-state index in [1.807, 2.05) is 16.8 Å². The first kappa shape index (κ1) is 16.1. The van der Waals surface area contributed by atoms with E-state index in [0.717, 1.165) is 39.0 Å². The van der Waals surface area contributed by atoms with Crippen molar-refractivity contribution < 1.29 is 9.18 Å². The van der Waals surface area contributed by atoms with Gasteiger partial charge < -0.3 is 16.4 Å². The van der Waals surface area contributed by atoms with Crippen LogP contribution in [0.15, 0.2) is 30.5 Å². The van der Waals surface area contributed by atoms with Gasteiger partial charge in [-0.2, -0.15) is 5.10 Å². The minimum absolute atomic E-state index is 0.159. The molecule has 1 saturated carbocycles. The molecule has 1 aliphatic heterocycles. The summed E-state index contributed by atoms with van der Waals surface area (Å²) in [6.07, 6.45) is 3.80. The summed E-state index contributed by atoms with van der Waals surface area (Å²) in [6.45, 7) is 3.30. The van der Waals surface area contributed by atoms with Crippen LogP contribution >= 0.6 is 0 Å². The van der Waals surface area contributed by atoms with E-state index >= 15 is 0 Å². The molecular formula is C18H22FN5O. The number of hydrogen-bond acceptors (Lipinski definition) is 4. The van der Waals surface area contributed by atoms with Crippen LogP contribution in [0.4, 0.5) is 10.2 Å². The Kier molecular flexibility index (Phi) is 3.95. The number of nitrogens with zero attached hydrogens (tertiary/aromatic N) is 2. The number of carbonyl (C=O) groups excluding carboxylic acids is 1. The molecule has 0 bridgehead atoms. The van der Waals surface area contributed by atoms with Crippen LogP contribution in [0.25, 0.3) is 0 Å². The topological polar surface area (TPSA) is 85.0 Å². The second kappa shape index (κ2) is 6.15. The minimum Gasteiger partial charge on any atom is -0.369 e. The highest BCUT2D eigenvalue weighted by atomic mass is 19.1. The van der Waals surface area contributed by atoms with Crippen LogP contribution < -0.4 is 16.4 Å². The Morgan fingerprint density at radius 3 is 2.84 bits per heavy atom. The van der Waals surface area contributed by atoms with Gasteiger partial charge in [0.2, 0.25) is 0 Å². The molecule has 4 rings (SSSR count). The normalized spacial score (nSPS) is 20.6. The third-order valence-electron chi connectivity index (χ3n) is 5.30. The Balaban J connectivity index is 1.32. The fraction of sp³-hybridized carbons (Fsp3) is 0.444. The van der Waals surface area contributed by atoms with Crippen molar-refractivity contribution >= 4 is 11.7 Å². The van der Waals surface area contributed by atoms with Gasteiger partial charge in [0, 0.05) is 37.5 Å². The standard InChI is InChI=1S/C18H22FN5O/c19-14-3-1-13(2-4-14)18(5-6-18)11-21-7-12-8-22-17-15(16(20)25)9-23-24(17)10-12/h1-4,9,12,21-22H,5-8,10-11H2,(H2,20,25)/t12-/m1/s1. The molecule has 0 unspecified atom stereocenters. The molecule has 1 atom stereocenters. The van der Waals surface area contributed by atoms with E-state index in [1.54, 1.807) is 0 Å². The first-order valence-corrected chi connectivity index (χ1v) is 8.64. The van der Waals surface area contributed by atoms with E-state index in [0.29, 0.717) is 17.3 Å². The minimum atomic E-state index is -0.458. The summed E-state index contributed by atoms with van der Waals surface area (Å²) in [5.74, 6) is 0.456. The van der Waals surface area contributed by atoms with Crippen molar-refractivity contribution in [3.8, 4) is 0 Å². The number of rotatable bonds is 6. The highest BCUT2D eigenvalue weighted by Gasteiger charge is 2.43. The fourth-order valence-corrected chi connectivity index (χ4v) is 3.61. The monoisotopic (exact) mass is 343 g/mol. The summed E-state index contributed by atoms with van der Waals surface area (Å²) >= 11 is 0. The van der Waals surface area contributed by atoms with Crippen molar-refractivity contribution in [2.75, 3.05) is 25.0 Å². The zero-order valence-electron chi connectivity index (χ0n) is 14.0. The van der Waals surface area contributed by atoms with Crippen LogP contribution in [0.2, 0.25) is 0 Å². The smallest absolute Gasteiger partial charge is 0.254 e. The molecule has 1 aliphatic carbocycles. The highest BCUT2D eigenvalue weighted by Crippen LogP contribution is 2.47. The summed E-state index contributed by atoms with van der Waals surface area (Å²) in [5.41, 5.74) is 7.16. The maximum absolute atomic E-state index is 13.1. The Hall–Kier alpha value is -2.41. The lowest BCUT2D eigenvalue weighted by atomic mass is 9.95. The van der Waals surface area contributed by atoms with Crippen molar-refractivity contribution in [2.24, 2.45) is 11.7 Å². The molecule has 0 radical (unpaired) electrons. The van der Waals surface area contributed by atoms with Crippen molar-refractivity contribution in [2.45, 2.75) is 24.8 Å². The number of nitrogens with two attached hydrogens (primary N) is 1. The molecule has 7 heteroatoms. The predicted octanol–water partition coefficient (Wildman–Crippen LogP) is 1.48. The molecule has 132 valence electrons. The Bertz CT molecular complexity index is 781. The molecule has 1 aromatic heterocycles. The Morgan fingerprint density at radius 1 is 1.40 bits per heavy atom. The van der Waals surface area contributed by atoms with E-state index in [-0.39, 0.29) is 11.2 Å². The molecule has 25 heavy (non-hydrogen) atoms. The lowest BCUT2D eigenvalue weighted by molar-refractivity contribution is 0.100. The SMILES string of the molecule is NC(=O)c1cnn2c1NC[C@@H](CNCC1(c3ccc(F)cc3)CC1)C2. The summed E-state index contributed by atoms with van der Waals surface area (Å²) in [4.78, 5) is 11.4. The van der Waals surface area contributed by atoms with E-state index in [4.69, 9.17) is 5.73 Å². The first-order valence-electron chi connectivity index (χ1n) is 8.64. The lowest BCUT2D eigenvalue weighted by Gasteiger charge is -2.26. The second-order valence-electron chi connectivity index (χ2n) is 7.12. The number of amides is 1. The number of benzene rings is 1. The summed E-state index contributed by atoms with van der Waals surface area (Å²) < 4.78 is 14.9. The van der Waals surface area contributed by atoms with E-state index in [2.05, 4.69) is 15.7 Å². The number of carbonyl (C=O) groups is 1. The van der Waals surface area contributed by atoms with Crippen LogP contribution in [0.1, 0.15) is 28.8 Å². The van der Waals surface area contributed by atoms with Crippen LogP contribution in [0, 0.1) is 11.7 Å². The summed E-state index contributed by atoms with van der Waals surface area (Å²) in [5, 5.41) is 11.1. The molecule has 1 aromatic carbocycles. The van der Waals surface area contributed by atoms with Crippen molar-refractivity contribution in [3.63, 3.8) is 0 Å². The van der Waals surface area contributed by atoms with Gasteiger partial charge in [0.05, 0.1) is 6.20 Å². The first-order chi connectivity index (χ1) is 12.1. The average Bonchev–Trinajstić information content (AvgIpc) is 3.26. The Labute approximate surface area is 145 Å². The molecule has 0 saturated heterocycles. The van der Waals surface area contributed by atoms with Gasteiger partial charge in [-0.1, -0.05) is 12.1 Å². The maximum atomic E-state index is 13.1. The third kappa shape index (κ3) is 3.11. The van der Waals surface area contributed by atoms with Gasteiger partial charge in [-0.05, 0) is 30.5 Å². The number of hydrogen-bond donors (Lipinski definition) is 3. The zero-order valence-corrected chi connectivity index (χ0v) is 14.0. The van der Waals surface area contributed by atoms with Crippen molar-refractivity contribution in [1.29, 1.82) is 0 Å². The summed E-state index contributed by atoms with van der Waals surface area (Å²) in [6, 6.07) is 6.87. The summed E-state index contributed by atoms with van der Waals surface area (Å²) in [7, 11) is 0. The van der Waals surface area contributed by atoms with E-state index in [9.17, 15) is 9.18 Å². The fourth-order valence-electron chi connectivity index (χ4n) is 3.61. The van der Waals surface area contributed by atoms with Gasteiger partial charge in [-0.3, -0.25) is 4.79 Å². The Morgan fingerprint density at radius 2 is 2.16 bits per heavy atom.